The minimum absolute atomic E-state index is 0.0959. The summed E-state index contributed by atoms with van der Waals surface area (Å²) >= 11 is 0. The quantitative estimate of drug-likeness (QED) is 0.553. The lowest BCUT2D eigenvalue weighted by molar-refractivity contribution is -0.384. The normalized spacial score (nSPS) is 11.4. The van der Waals surface area contributed by atoms with Crippen molar-refractivity contribution in [1.82, 2.24) is 0 Å². The van der Waals surface area contributed by atoms with Gasteiger partial charge in [-0.1, -0.05) is 12.1 Å². The number of benzene rings is 2. The summed E-state index contributed by atoms with van der Waals surface area (Å²) in [5, 5.41) is 22.4. The lowest BCUT2D eigenvalue weighted by atomic mass is 9.95. The van der Waals surface area contributed by atoms with Crippen molar-refractivity contribution in [2.45, 2.75) is 12.8 Å². The number of aliphatic carboxylic acids is 1. The maximum Gasteiger partial charge on any atom is 0.304 e. The van der Waals surface area contributed by atoms with E-state index >= 15 is 0 Å². The van der Waals surface area contributed by atoms with E-state index < -0.39 is 22.7 Å². The summed E-state index contributed by atoms with van der Waals surface area (Å²) in [4.78, 5) is 33.7. The van der Waals surface area contributed by atoms with E-state index in [9.17, 15) is 19.7 Å². The molecule has 2 N–H and O–H groups in total. The Labute approximate surface area is 149 Å². The summed E-state index contributed by atoms with van der Waals surface area (Å²) in [6.45, 7) is 0. The number of hydrogen-bond donors (Lipinski definition) is 2. The van der Waals surface area contributed by atoms with Crippen LogP contribution in [0.2, 0.25) is 0 Å². The Bertz CT molecular complexity index is 804. The van der Waals surface area contributed by atoms with E-state index in [1.54, 1.807) is 24.3 Å². The summed E-state index contributed by atoms with van der Waals surface area (Å²) < 4.78 is 5.13. The number of nitrogens with zero attached hydrogens (tertiary/aromatic N) is 1. The minimum atomic E-state index is -1.09. The van der Waals surface area contributed by atoms with Crippen molar-refractivity contribution in [1.29, 1.82) is 0 Å². The van der Waals surface area contributed by atoms with Gasteiger partial charge in [0.1, 0.15) is 5.75 Å². The molecule has 0 aliphatic carbocycles. The summed E-state index contributed by atoms with van der Waals surface area (Å²) in [7, 11) is 1.52. The van der Waals surface area contributed by atoms with Gasteiger partial charge in [-0.25, -0.2) is 0 Å². The molecule has 0 bridgehead atoms. The van der Waals surface area contributed by atoms with Crippen LogP contribution in [0.15, 0.2) is 48.5 Å². The van der Waals surface area contributed by atoms with Crippen LogP contribution in [-0.4, -0.2) is 29.0 Å². The highest BCUT2D eigenvalue weighted by molar-refractivity contribution is 5.94. The molecule has 136 valence electrons. The molecule has 0 saturated carbocycles. The van der Waals surface area contributed by atoms with Crippen LogP contribution in [0.5, 0.6) is 5.75 Å². The fourth-order valence-electron chi connectivity index (χ4n) is 2.46. The molecule has 1 atom stereocenters. The number of hydrogen-bond acceptors (Lipinski definition) is 5. The second-order valence-electron chi connectivity index (χ2n) is 5.64. The third kappa shape index (κ3) is 5.30. The molecule has 0 aromatic heterocycles. The summed E-state index contributed by atoms with van der Waals surface area (Å²) in [5.74, 6) is -1.73. The number of ether oxygens (including phenoxy) is 1. The highest BCUT2D eigenvalue weighted by atomic mass is 16.6. The van der Waals surface area contributed by atoms with Crippen molar-refractivity contribution in [2.75, 3.05) is 12.4 Å². The fraction of sp³-hybridized carbons (Fsp3) is 0.222. The van der Waals surface area contributed by atoms with Crippen molar-refractivity contribution in [3.05, 3.63) is 64.2 Å². The second kappa shape index (κ2) is 8.61. The molecule has 8 nitrogen and oxygen atoms in total. The monoisotopic (exact) mass is 358 g/mol. The zero-order valence-electron chi connectivity index (χ0n) is 14.0. The number of nitro groups is 1. The number of methoxy groups -OCH3 is 1. The van der Waals surface area contributed by atoms with Gasteiger partial charge in [-0.2, -0.15) is 0 Å². The number of nitrogens with one attached hydrogen (secondary N) is 1. The molecule has 0 heterocycles. The third-order valence-electron chi connectivity index (χ3n) is 3.75. The summed E-state index contributed by atoms with van der Waals surface area (Å²) in [5.41, 5.74) is 1.04. The molecule has 0 unspecified atom stereocenters. The van der Waals surface area contributed by atoms with Gasteiger partial charge in [0.2, 0.25) is 5.91 Å². The molecule has 2 rings (SSSR count). The number of anilines is 1. The first-order valence-electron chi connectivity index (χ1n) is 7.79. The van der Waals surface area contributed by atoms with Gasteiger partial charge in [-0.3, -0.25) is 19.7 Å². The largest absolute Gasteiger partial charge is 0.497 e. The van der Waals surface area contributed by atoms with Gasteiger partial charge in [0.25, 0.3) is 5.69 Å². The Morgan fingerprint density at radius 3 is 2.50 bits per heavy atom. The number of rotatable bonds is 8. The van der Waals surface area contributed by atoms with Crippen LogP contribution < -0.4 is 10.1 Å². The Morgan fingerprint density at radius 1 is 1.23 bits per heavy atom. The van der Waals surface area contributed by atoms with Crippen molar-refractivity contribution >= 4 is 23.3 Å². The van der Waals surface area contributed by atoms with Crippen molar-refractivity contribution in [3.63, 3.8) is 0 Å². The van der Waals surface area contributed by atoms with Crippen LogP contribution in [0.1, 0.15) is 12.0 Å². The molecule has 0 fully saturated rings. The molecule has 2 aromatic rings. The van der Waals surface area contributed by atoms with Crippen molar-refractivity contribution in [2.24, 2.45) is 5.92 Å². The zero-order chi connectivity index (χ0) is 19.1. The first-order valence-corrected chi connectivity index (χ1v) is 7.79. The van der Waals surface area contributed by atoms with E-state index in [0.29, 0.717) is 11.4 Å². The number of carboxylic acid groups (broad SMARTS) is 1. The van der Waals surface area contributed by atoms with Gasteiger partial charge in [0, 0.05) is 17.8 Å². The first-order chi connectivity index (χ1) is 12.4. The van der Waals surface area contributed by atoms with E-state index in [1.165, 1.54) is 31.4 Å². The fourth-order valence-corrected chi connectivity index (χ4v) is 2.46. The van der Waals surface area contributed by atoms with Crippen LogP contribution in [0.25, 0.3) is 0 Å². The molecule has 26 heavy (non-hydrogen) atoms. The van der Waals surface area contributed by atoms with Crippen LogP contribution in [-0.2, 0) is 16.0 Å². The second-order valence-corrected chi connectivity index (χ2v) is 5.64. The van der Waals surface area contributed by atoms with Gasteiger partial charge >= 0.3 is 5.97 Å². The smallest absolute Gasteiger partial charge is 0.304 e. The van der Waals surface area contributed by atoms with Gasteiger partial charge < -0.3 is 15.2 Å². The third-order valence-corrected chi connectivity index (χ3v) is 3.75. The molecule has 0 aliphatic heterocycles. The standard InChI is InChI=1S/C18H18N2O6/c1-26-16-4-2-3-12(10-16)9-13(11-17(21)22)18(23)19-14-5-7-15(8-6-14)20(24)25/h2-8,10,13H,9,11H2,1H3,(H,19,23)(H,21,22)/t13-/m0/s1. The van der Waals surface area contributed by atoms with Gasteiger partial charge in [0.15, 0.2) is 0 Å². The number of amides is 1. The Morgan fingerprint density at radius 2 is 1.92 bits per heavy atom. The van der Waals surface area contributed by atoms with E-state index in [2.05, 4.69) is 5.32 Å². The predicted octanol–water partition coefficient (Wildman–Crippen LogP) is 2.88. The Kier molecular flexibility index (Phi) is 6.26. The van der Waals surface area contributed by atoms with Gasteiger partial charge in [0.05, 0.1) is 24.4 Å². The molecular formula is C18H18N2O6. The topological polar surface area (TPSA) is 119 Å². The maximum atomic E-state index is 12.5. The Hall–Kier alpha value is -3.42. The van der Waals surface area contributed by atoms with Crippen LogP contribution in [0.4, 0.5) is 11.4 Å². The van der Waals surface area contributed by atoms with Crippen molar-refractivity contribution < 1.29 is 24.4 Å². The molecular weight excluding hydrogens is 340 g/mol. The number of carbonyl (C=O) groups excluding carboxylic acids is 1. The van der Waals surface area contributed by atoms with Crippen LogP contribution in [0.3, 0.4) is 0 Å². The molecule has 0 aliphatic rings. The molecule has 0 spiro atoms. The average molecular weight is 358 g/mol. The highest BCUT2D eigenvalue weighted by Crippen LogP contribution is 2.21. The zero-order valence-corrected chi connectivity index (χ0v) is 14.0. The maximum absolute atomic E-state index is 12.5. The van der Waals surface area contributed by atoms with E-state index in [4.69, 9.17) is 9.84 Å². The highest BCUT2D eigenvalue weighted by Gasteiger charge is 2.23. The minimum Gasteiger partial charge on any atom is -0.497 e. The number of non-ortho nitro benzene ring substituents is 1. The van der Waals surface area contributed by atoms with Gasteiger partial charge in [-0.15, -0.1) is 0 Å². The Balaban J connectivity index is 2.12. The summed E-state index contributed by atoms with van der Waals surface area (Å²) in [6, 6.07) is 12.4. The molecule has 1 amide bonds. The van der Waals surface area contributed by atoms with E-state index in [1.807, 2.05) is 0 Å². The van der Waals surface area contributed by atoms with Gasteiger partial charge in [-0.05, 0) is 36.2 Å². The van der Waals surface area contributed by atoms with Crippen LogP contribution in [0, 0.1) is 16.0 Å². The van der Waals surface area contributed by atoms with Crippen LogP contribution >= 0.6 is 0 Å². The number of carboxylic acids is 1. The summed E-state index contributed by atoms with van der Waals surface area (Å²) in [6.07, 6.45) is -0.113. The molecule has 0 radical (unpaired) electrons. The van der Waals surface area contributed by atoms with Crippen molar-refractivity contribution in [3.8, 4) is 5.75 Å². The lowest BCUT2D eigenvalue weighted by Crippen LogP contribution is -2.27. The predicted molar refractivity (Wildman–Crippen MR) is 94.2 cm³/mol. The number of carbonyl (C=O) groups is 2. The lowest BCUT2D eigenvalue weighted by Gasteiger charge is -2.15. The van der Waals surface area contributed by atoms with E-state index in [0.717, 1.165) is 5.56 Å². The average Bonchev–Trinajstić information content (AvgIpc) is 2.61. The SMILES string of the molecule is COc1cccc(C[C@@H](CC(=O)O)C(=O)Nc2ccc([N+](=O)[O-])cc2)c1. The molecule has 0 saturated heterocycles. The number of nitro benzene ring substituents is 1. The molecule has 8 heteroatoms. The first kappa shape index (κ1) is 18.9. The van der Waals surface area contributed by atoms with E-state index in [-0.39, 0.29) is 18.5 Å². The molecule has 2 aromatic carbocycles.